The van der Waals surface area contributed by atoms with Crippen LogP contribution >= 0.6 is 0 Å². The van der Waals surface area contributed by atoms with E-state index >= 15 is 0 Å². The zero-order valence-electron chi connectivity index (χ0n) is 12.6. The van der Waals surface area contributed by atoms with Gasteiger partial charge in [-0.2, -0.15) is 0 Å². The molecule has 0 aliphatic heterocycles. The minimum Gasteiger partial charge on any atom is -0.458 e. The highest BCUT2D eigenvalue weighted by Gasteiger charge is 2.40. The standard InChI is InChI=1S/C17H24O2/c1-13-10-11-17(14(2)12-13,19-16(3,4)5)18-15-8-6-7-9-15/h6,8-10,12H,7,11H2,1-5H3. The Bertz CT molecular complexity index is 472. The van der Waals surface area contributed by atoms with Crippen molar-refractivity contribution in [3.8, 4) is 0 Å². The summed E-state index contributed by atoms with van der Waals surface area (Å²) in [7, 11) is 0. The lowest BCUT2D eigenvalue weighted by atomic mass is 9.93. The fourth-order valence-corrected chi connectivity index (χ4v) is 2.43. The summed E-state index contributed by atoms with van der Waals surface area (Å²) in [6.07, 6.45) is 12.2. The molecule has 0 aromatic rings. The van der Waals surface area contributed by atoms with Gasteiger partial charge in [0.25, 0.3) is 0 Å². The van der Waals surface area contributed by atoms with E-state index in [0.29, 0.717) is 0 Å². The summed E-state index contributed by atoms with van der Waals surface area (Å²) in [4.78, 5) is 0. The van der Waals surface area contributed by atoms with Crippen molar-refractivity contribution in [2.24, 2.45) is 0 Å². The second-order valence-corrected chi connectivity index (χ2v) is 6.29. The third kappa shape index (κ3) is 3.38. The van der Waals surface area contributed by atoms with Gasteiger partial charge in [0.2, 0.25) is 5.79 Å². The van der Waals surface area contributed by atoms with E-state index in [1.807, 2.05) is 6.08 Å². The van der Waals surface area contributed by atoms with Gasteiger partial charge in [-0.05, 0) is 58.8 Å². The molecule has 0 N–H and O–H groups in total. The zero-order valence-corrected chi connectivity index (χ0v) is 12.6. The van der Waals surface area contributed by atoms with Crippen molar-refractivity contribution >= 4 is 0 Å². The van der Waals surface area contributed by atoms with Gasteiger partial charge in [0, 0.05) is 6.42 Å². The normalized spacial score (nSPS) is 26.9. The molecule has 0 bridgehead atoms. The molecule has 2 heteroatoms. The molecule has 1 unspecified atom stereocenters. The monoisotopic (exact) mass is 260 g/mol. The van der Waals surface area contributed by atoms with Crippen LogP contribution in [0.3, 0.4) is 0 Å². The Balaban J connectivity index is 2.28. The zero-order chi connectivity index (χ0) is 14.1. The first-order valence-electron chi connectivity index (χ1n) is 6.92. The average Bonchev–Trinajstić information content (AvgIpc) is 2.74. The van der Waals surface area contributed by atoms with Crippen molar-refractivity contribution in [3.63, 3.8) is 0 Å². The average molecular weight is 260 g/mol. The Morgan fingerprint density at radius 3 is 2.42 bits per heavy atom. The van der Waals surface area contributed by atoms with E-state index in [1.54, 1.807) is 0 Å². The third-order valence-corrected chi connectivity index (χ3v) is 3.23. The lowest BCUT2D eigenvalue weighted by Crippen LogP contribution is -2.44. The van der Waals surface area contributed by atoms with Crippen molar-refractivity contribution in [1.82, 2.24) is 0 Å². The number of allylic oxidation sites excluding steroid dienone is 5. The molecule has 2 aliphatic carbocycles. The second-order valence-electron chi connectivity index (χ2n) is 6.29. The maximum Gasteiger partial charge on any atom is 0.237 e. The van der Waals surface area contributed by atoms with Gasteiger partial charge in [-0.1, -0.05) is 23.8 Å². The molecule has 2 aliphatic rings. The van der Waals surface area contributed by atoms with Crippen LogP contribution in [0.4, 0.5) is 0 Å². The van der Waals surface area contributed by atoms with Crippen LogP contribution in [0.25, 0.3) is 0 Å². The van der Waals surface area contributed by atoms with E-state index < -0.39 is 5.79 Å². The summed E-state index contributed by atoms with van der Waals surface area (Å²) < 4.78 is 12.5. The molecule has 0 heterocycles. The maximum atomic E-state index is 6.28. The first kappa shape index (κ1) is 14.1. The summed E-state index contributed by atoms with van der Waals surface area (Å²) in [6, 6.07) is 0. The van der Waals surface area contributed by atoms with E-state index in [0.717, 1.165) is 24.2 Å². The highest BCUT2D eigenvalue weighted by Crippen LogP contribution is 2.38. The lowest BCUT2D eigenvalue weighted by molar-refractivity contribution is -0.235. The Morgan fingerprint density at radius 1 is 1.16 bits per heavy atom. The van der Waals surface area contributed by atoms with E-state index in [9.17, 15) is 0 Å². The van der Waals surface area contributed by atoms with Gasteiger partial charge in [0.05, 0.1) is 5.60 Å². The molecule has 0 aromatic heterocycles. The molecular weight excluding hydrogens is 236 g/mol. The summed E-state index contributed by atoms with van der Waals surface area (Å²) in [5.41, 5.74) is 2.14. The first-order chi connectivity index (χ1) is 8.81. The van der Waals surface area contributed by atoms with Gasteiger partial charge in [-0.3, -0.25) is 0 Å². The summed E-state index contributed by atoms with van der Waals surface area (Å²) in [6.45, 7) is 10.4. The van der Waals surface area contributed by atoms with Crippen LogP contribution in [-0.2, 0) is 9.47 Å². The minimum atomic E-state index is -0.668. The second kappa shape index (κ2) is 5.01. The molecule has 2 nitrogen and oxygen atoms in total. The number of ether oxygens (including phenoxy) is 2. The van der Waals surface area contributed by atoms with Gasteiger partial charge in [0.1, 0.15) is 5.76 Å². The summed E-state index contributed by atoms with van der Waals surface area (Å²) >= 11 is 0. The van der Waals surface area contributed by atoms with Crippen molar-refractivity contribution in [2.75, 3.05) is 0 Å². The highest BCUT2D eigenvalue weighted by atomic mass is 16.7. The fourth-order valence-electron chi connectivity index (χ4n) is 2.43. The summed E-state index contributed by atoms with van der Waals surface area (Å²) in [5, 5.41) is 0. The number of rotatable bonds is 3. The quantitative estimate of drug-likeness (QED) is 0.687. The topological polar surface area (TPSA) is 18.5 Å². The van der Waals surface area contributed by atoms with E-state index in [2.05, 4.69) is 58.9 Å². The summed E-state index contributed by atoms with van der Waals surface area (Å²) in [5.74, 6) is 0.239. The Kier molecular flexibility index (Phi) is 3.73. The predicted octanol–water partition coefficient (Wildman–Crippen LogP) is 4.65. The van der Waals surface area contributed by atoms with Gasteiger partial charge in [-0.25, -0.2) is 0 Å². The number of hydrogen-bond acceptors (Lipinski definition) is 2. The molecule has 0 amide bonds. The molecule has 0 aromatic carbocycles. The van der Waals surface area contributed by atoms with Crippen LogP contribution in [0, 0.1) is 0 Å². The van der Waals surface area contributed by atoms with E-state index in [-0.39, 0.29) is 5.60 Å². The molecule has 0 saturated heterocycles. The van der Waals surface area contributed by atoms with E-state index in [4.69, 9.17) is 9.47 Å². The maximum absolute atomic E-state index is 6.28. The largest absolute Gasteiger partial charge is 0.458 e. The molecule has 0 spiro atoms. The molecule has 2 rings (SSSR count). The van der Waals surface area contributed by atoms with Gasteiger partial charge < -0.3 is 9.47 Å². The molecule has 0 fully saturated rings. The van der Waals surface area contributed by atoms with Crippen molar-refractivity contribution in [2.45, 2.75) is 58.8 Å². The van der Waals surface area contributed by atoms with Crippen LogP contribution in [0.1, 0.15) is 47.5 Å². The van der Waals surface area contributed by atoms with Crippen molar-refractivity contribution in [1.29, 1.82) is 0 Å². The first-order valence-corrected chi connectivity index (χ1v) is 6.92. The van der Waals surface area contributed by atoms with E-state index in [1.165, 1.54) is 5.57 Å². The molecule has 0 radical (unpaired) electrons. The van der Waals surface area contributed by atoms with Gasteiger partial charge in [-0.15, -0.1) is 0 Å². The van der Waals surface area contributed by atoms with Crippen LogP contribution in [0.2, 0.25) is 0 Å². The predicted molar refractivity (Wildman–Crippen MR) is 78.6 cm³/mol. The molecule has 0 saturated carbocycles. The van der Waals surface area contributed by atoms with Crippen molar-refractivity contribution < 1.29 is 9.47 Å². The smallest absolute Gasteiger partial charge is 0.237 e. The molecule has 1 atom stereocenters. The molecule has 104 valence electrons. The molecular formula is C17H24O2. The van der Waals surface area contributed by atoms with Gasteiger partial charge in [0.15, 0.2) is 0 Å². The third-order valence-electron chi connectivity index (χ3n) is 3.23. The van der Waals surface area contributed by atoms with Crippen molar-refractivity contribution in [3.05, 3.63) is 47.3 Å². The minimum absolute atomic E-state index is 0.253. The Labute approximate surface area is 116 Å². The lowest BCUT2D eigenvalue weighted by Gasteiger charge is -2.41. The van der Waals surface area contributed by atoms with Crippen LogP contribution < -0.4 is 0 Å². The van der Waals surface area contributed by atoms with Crippen LogP contribution in [0.15, 0.2) is 47.3 Å². The Morgan fingerprint density at radius 2 is 1.89 bits per heavy atom. The highest BCUT2D eigenvalue weighted by molar-refractivity contribution is 5.33. The molecule has 19 heavy (non-hydrogen) atoms. The SMILES string of the molecule is CC1=CCC(OC2=CCC=C2)(OC(C)(C)C)C(C)=C1. The number of hydrogen-bond donors (Lipinski definition) is 0. The fraction of sp³-hybridized carbons (Fsp3) is 0.529. The van der Waals surface area contributed by atoms with Crippen LogP contribution in [-0.4, -0.2) is 11.4 Å². The van der Waals surface area contributed by atoms with Crippen LogP contribution in [0.5, 0.6) is 0 Å². The Hall–Kier alpha value is -1.28. The van der Waals surface area contributed by atoms with Gasteiger partial charge >= 0.3 is 0 Å².